The van der Waals surface area contributed by atoms with Crippen LogP contribution in [0.2, 0.25) is 0 Å². The maximum atomic E-state index is 11.1. The molecule has 0 saturated carbocycles. The molecule has 1 aliphatic rings. The van der Waals surface area contributed by atoms with Crippen molar-refractivity contribution in [2.45, 2.75) is 26.7 Å². The highest BCUT2D eigenvalue weighted by Gasteiger charge is 2.27. The van der Waals surface area contributed by atoms with Crippen molar-refractivity contribution in [1.29, 1.82) is 0 Å². The average Bonchev–Trinajstić information content (AvgIpc) is 1.94. The Morgan fingerprint density at radius 2 is 2.27 bits per heavy atom. The molecule has 1 heterocycles. The zero-order valence-electron chi connectivity index (χ0n) is 7.55. The van der Waals surface area contributed by atoms with Crippen molar-refractivity contribution < 1.29 is 9.37 Å². The first kappa shape index (κ1) is 8.44. The molecule has 1 atom stereocenters. The van der Waals surface area contributed by atoms with Gasteiger partial charge in [-0.1, -0.05) is 0 Å². The third-order valence-corrected chi connectivity index (χ3v) is 2.58. The SMILES string of the molecule is CC(=O)C1CCC[N+](C)=C1C. The molecule has 0 aliphatic carbocycles. The number of hydrogen-bond acceptors (Lipinski definition) is 1. The van der Waals surface area contributed by atoms with Gasteiger partial charge in [0.2, 0.25) is 0 Å². The van der Waals surface area contributed by atoms with Crippen LogP contribution in [0.15, 0.2) is 0 Å². The smallest absolute Gasteiger partial charge is 0.159 e. The molecule has 1 aliphatic heterocycles. The molecule has 2 heteroatoms. The van der Waals surface area contributed by atoms with Gasteiger partial charge in [-0.3, -0.25) is 4.79 Å². The lowest BCUT2D eigenvalue weighted by atomic mass is 9.92. The van der Waals surface area contributed by atoms with Gasteiger partial charge in [0.25, 0.3) is 0 Å². The Labute approximate surface area is 67.9 Å². The molecule has 2 nitrogen and oxygen atoms in total. The highest BCUT2D eigenvalue weighted by atomic mass is 16.1. The summed E-state index contributed by atoms with van der Waals surface area (Å²) in [4.78, 5) is 11.1. The van der Waals surface area contributed by atoms with E-state index >= 15 is 0 Å². The Morgan fingerprint density at radius 1 is 1.64 bits per heavy atom. The molecule has 0 aromatic carbocycles. The monoisotopic (exact) mass is 154 g/mol. The fourth-order valence-corrected chi connectivity index (χ4v) is 1.68. The molecule has 0 radical (unpaired) electrons. The highest BCUT2D eigenvalue weighted by molar-refractivity contribution is 6.00. The summed E-state index contributed by atoms with van der Waals surface area (Å²) in [6.45, 7) is 4.86. The van der Waals surface area contributed by atoms with Crippen LogP contribution < -0.4 is 0 Å². The normalized spacial score (nSPS) is 25.5. The largest absolute Gasteiger partial charge is 0.299 e. The third kappa shape index (κ3) is 1.67. The van der Waals surface area contributed by atoms with Crippen LogP contribution in [0.5, 0.6) is 0 Å². The molecule has 0 aromatic heterocycles. The van der Waals surface area contributed by atoms with Crippen LogP contribution in [0, 0.1) is 5.92 Å². The predicted molar refractivity (Wildman–Crippen MR) is 45.1 cm³/mol. The van der Waals surface area contributed by atoms with E-state index in [2.05, 4.69) is 18.5 Å². The Kier molecular flexibility index (Phi) is 2.42. The molecule has 0 saturated heterocycles. The topological polar surface area (TPSA) is 20.1 Å². The van der Waals surface area contributed by atoms with Crippen molar-refractivity contribution in [3.8, 4) is 0 Å². The van der Waals surface area contributed by atoms with Gasteiger partial charge in [0, 0.05) is 13.3 Å². The Morgan fingerprint density at radius 3 is 2.73 bits per heavy atom. The van der Waals surface area contributed by atoms with E-state index in [1.165, 1.54) is 5.71 Å². The molecule has 0 spiro atoms. The third-order valence-electron chi connectivity index (χ3n) is 2.58. The minimum atomic E-state index is 0.203. The van der Waals surface area contributed by atoms with Crippen LogP contribution in [0.4, 0.5) is 0 Å². The maximum absolute atomic E-state index is 11.1. The molecule has 0 fully saturated rings. The lowest BCUT2D eigenvalue weighted by molar-refractivity contribution is -0.504. The molecule has 0 amide bonds. The van der Waals surface area contributed by atoms with Crippen molar-refractivity contribution in [1.82, 2.24) is 0 Å². The van der Waals surface area contributed by atoms with Crippen molar-refractivity contribution in [3.63, 3.8) is 0 Å². The van der Waals surface area contributed by atoms with E-state index in [1.807, 2.05) is 0 Å². The van der Waals surface area contributed by atoms with E-state index in [4.69, 9.17) is 0 Å². The number of carbonyl (C=O) groups excluding carboxylic acids is 1. The van der Waals surface area contributed by atoms with E-state index in [0.717, 1.165) is 19.4 Å². The number of ketones is 1. The lowest BCUT2D eigenvalue weighted by Gasteiger charge is -2.16. The van der Waals surface area contributed by atoms with Gasteiger partial charge in [0.1, 0.15) is 19.4 Å². The lowest BCUT2D eigenvalue weighted by Crippen LogP contribution is -2.33. The molecule has 1 rings (SSSR count). The van der Waals surface area contributed by atoms with Crippen LogP contribution in [0.1, 0.15) is 26.7 Å². The summed E-state index contributed by atoms with van der Waals surface area (Å²) >= 11 is 0. The van der Waals surface area contributed by atoms with E-state index in [1.54, 1.807) is 6.92 Å². The number of nitrogens with zero attached hydrogens (tertiary/aromatic N) is 1. The second kappa shape index (κ2) is 3.16. The zero-order valence-corrected chi connectivity index (χ0v) is 7.55. The Bertz CT molecular complexity index is 206. The predicted octanol–water partition coefficient (Wildman–Crippen LogP) is 1.09. The summed E-state index contributed by atoms with van der Waals surface area (Å²) < 4.78 is 2.19. The van der Waals surface area contributed by atoms with Gasteiger partial charge in [0.15, 0.2) is 5.71 Å². The molecule has 0 N–H and O–H groups in total. The van der Waals surface area contributed by atoms with Gasteiger partial charge in [0.05, 0.1) is 5.92 Å². The number of rotatable bonds is 1. The van der Waals surface area contributed by atoms with Crippen LogP contribution in [-0.4, -0.2) is 29.7 Å². The van der Waals surface area contributed by atoms with Gasteiger partial charge in [-0.05, 0) is 13.3 Å². The highest BCUT2D eigenvalue weighted by Crippen LogP contribution is 2.14. The zero-order chi connectivity index (χ0) is 8.43. The first-order valence-corrected chi connectivity index (χ1v) is 4.18. The molecule has 11 heavy (non-hydrogen) atoms. The van der Waals surface area contributed by atoms with Gasteiger partial charge in [-0.25, -0.2) is 4.58 Å². The van der Waals surface area contributed by atoms with E-state index in [9.17, 15) is 4.79 Å². The minimum absolute atomic E-state index is 0.203. The van der Waals surface area contributed by atoms with Crippen LogP contribution in [0.3, 0.4) is 0 Å². The van der Waals surface area contributed by atoms with Crippen molar-refractivity contribution in [2.24, 2.45) is 5.92 Å². The first-order chi connectivity index (χ1) is 5.13. The second-order valence-corrected chi connectivity index (χ2v) is 3.37. The Hall–Kier alpha value is -0.660. The van der Waals surface area contributed by atoms with Crippen molar-refractivity contribution in [2.75, 3.05) is 13.6 Å². The van der Waals surface area contributed by atoms with Gasteiger partial charge < -0.3 is 0 Å². The summed E-state index contributed by atoms with van der Waals surface area (Å²) in [5, 5.41) is 0. The minimum Gasteiger partial charge on any atom is -0.299 e. The molecule has 0 aromatic rings. The average molecular weight is 154 g/mol. The summed E-state index contributed by atoms with van der Waals surface area (Å²) in [7, 11) is 2.06. The second-order valence-electron chi connectivity index (χ2n) is 3.37. The van der Waals surface area contributed by atoms with Gasteiger partial charge in [-0.15, -0.1) is 0 Å². The summed E-state index contributed by atoms with van der Waals surface area (Å²) in [5.41, 5.74) is 1.24. The molecular weight excluding hydrogens is 138 g/mol. The number of Topliss-reactive ketones (excluding diaryl/α,β-unsaturated/α-hetero) is 1. The summed E-state index contributed by atoms with van der Waals surface area (Å²) in [6, 6.07) is 0. The molecular formula is C9H16NO+. The van der Waals surface area contributed by atoms with Gasteiger partial charge in [-0.2, -0.15) is 0 Å². The van der Waals surface area contributed by atoms with Crippen LogP contribution in [0.25, 0.3) is 0 Å². The van der Waals surface area contributed by atoms with E-state index in [0.29, 0.717) is 5.78 Å². The van der Waals surface area contributed by atoms with E-state index in [-0.39, 0.29) is 5.92 Å². The van der Waals surface area contributed by atoms with Crippen molar-refractivity contribution in [3.05, 3.63) is 0 Å². The van der Waals surface area contributed by atoms with Crippen LogP contribution >= 0.6 is 0 Å². The quantitative estimate of drug-likeness (QED) is 0.518. The number of hydrogen-bond donors (Lipinski definition) is 0. The van der Waals surface area contributed by atoms with Gasteiger partial charge >= 0.3 is 0 Å². The fourth-order valence-electron chi connectivity index (χ4n) is 1.68. The standard InChI is InChI=1S/C9H16NO/c1-7-9(8(2)11)5-4-6-10(7)3/h9H,4-6H2,1-3H3/q+1. The summed E-state index contributed by atoms with van der Waals surface area (Å²) in [6.07, 6.45) is 2.20. The first-order valence-electron chi connectivity index (χ1n) is 4.18. The van der Waals surface area contributed by atoms with E-state index < -0.39 is 0 Å². The molecule has 1 unspecified atom stereocenters. The Balaban J connectivity index is 2.82. The van der Waals surface area contributed by atoms with Crippen LogP contribution in [-0.2, 0) is 4.79 Å². The molecule has 62 valence electrons. The fraction of sp³-hybridized carbons (Fsp3) is 0.778. The molecule has 0 bridgehead atoms. The maximum Gasteiger partial charge on any atom is 0.159 e. The summed E-state index contributed by atoms with van der Waals surface area (Å²) in [5.74, 6) is 0.516. The number of carbonyl (C=O) groups is 1. The van der Waals surface area contributed by atoms with Crippen molar-refractivity contribution >= 4 is 11.5 Å².